The van der Waals surface area contributed by atoms with E-state index in [-0.39, 0.29) is 5.41 Å². The largest absolute Gasteiger partial charge is 0.493 e. The molecule has 2 rings (SSSR count). The first-order valence-corrected chi connectivity index (χ1v) is 9.51. The van der Waals surface area contributed by atoms with Gasteiger partial charge in [-0.15, -0.1) is 0 Å². The number of hydrogen-bond acceptors (Lipinski definition) is 2. The first kappa shape index (κ1) is 21.7. The molecule has 0 spiro atoms. The number of ether oxygens (including phenoxy) is 1. The predicted octanol–water partition coefficient (Wildman–Crippen LogP) is 6.46. The third-order valence-electron chi connectivity index (χ3n) is 5.10. The van der Waals surface area contributed by atoms with Gasteiger partial charge in [0.05, 0.1) is 6.61 Å². The van der Waals surface area contributed by atoms with Crippen molar-refractivity contribution in [2.45, 2.75) is 53.4 Å². The molecule has 0 unspecified atom stereocenters. The second kappa shape index (κ2) is 8.59. The van der Waals surface area contributed by atoms with Gasteiger partial charge >= 0.3 is 5.97 Å². The van der Waals surface area contributed by atoms with Gasteiger partial charge < -0.3 is 9.84 Å². The summed E-state index contributed by atoms with van der Waals surface area (Å²) in [6.07, 6.45) is 6.98. The Hall–Kier alpha value is -2.62. The number of halogens is 1. The van der Waals surface area contributed by atoms with Crippen molar-refractivity contribution in [3.8, 4) is 5.75 Å². The molecule has 4 heteroatoms. The van der Waals surface area contributed by atoms with E-state index in [0.717, 1.165) is 18.1 Å². The Bertz CT molecular complexity index is 899. The van der Waals surface area contributed by atoms with Crippen LogP contribution in [0, 0.1) is 0 Å². The van der Waals surface area contributed by atoms with Crippen molar-refractivity contribution in [2.24, 2.45) is 0 Å². The van der Waals surface area contributed by atoms with Crippen LogP contribution in [0.15, 0.2) is 47.8 Å². The topological polar surface area (TPSA) is 46.5 Å². The summed E-state index contributed by atoms with van der Waals surface area (Å²) >= 11 is 0. The van der Waals surface area contributed by atoms with Crippen molar-refractivity contribution in [1.29, 1.82) is 0 Å². The molecule has 0 aliphatic heterocycles. The van der Waals surface area contributed by atoms with Gasteiger partial charge in [0, 0.05) is 11.6 Å². The van der Waals surface area contributed by atoms with E-state index >= 15 is 0 Å². The number of aliphatic carboxylic acids is 1. The lowest BCUT2D eigenvalue weighted by atomic mass is 9.73. The third-order valence-corrected chi connectivity index (χ3v) is 5.10. The van der Waals surface area contributed by atoms with Crippen molar-refractivity contribution in [3.63, 3.8) is 0 Å². The first-order chi connectivity index (χ1) is 13.1. The average molecular weight is 384 g/mol. The molecule has 1 aromatic rings. The number of rotatable bonds is 6. The van der Waals surface area contributed by atoms with Crippen LogP contribution in [0.2, 0.25) is 0 Å². The summed E-state index contributed by atoms with van der Waals surface area (Å²) in [5, 5.41) is 8.77. The zero-order valence-corrected chi connectivity index (χ0v) is 17.5. The predicted molar refractivity (Wildman–Crippen MR) is 113 cm³/mol. The maximum absolute atomic E-state index is 14.8. The molecule has 0 atom stereocenters. The smallest absolute Gasteiger partial charge is 0.328 e. The Morgan fingerprint density at radius 3 is 2.57 bits per heavy atom. The Morgan fingerprint density at radius 2 is 1.96 bits per heavy atom. The minimum Gasteiger partial charge on any atom is -0.493 e. The minimum atomic E-state index is -1.05. The van der Waals surface area contributed by atoms with Crippen LogP contribution in [0.25, 0.3) is 11.1 Å². The second-order valence-electron chi connectivity index (χ2n) is 7.83. The highest BCUT2D eigenvalue weighted by atomic mass is 19.1. The van der Waals surface area contributed by atoms with E-state index in [1.165, 1.54) is 23.3 Å². The van der Waals surface area contributed by atoms with E-state index in [9.17, 15) is 9.18 Å². The average Bonchev–Trinajstić information content (AvgIpc) is 2.62. The van der Waals surface area contributed by atoms with Gasteiger partial charge in [0.1, 0.15) is 11.6 Å². The van der Waals surface area contributed by atoms with Gasteiger partial charge in [-0.05, 0) is 85.6 Å². The van der Waals surface area contributed by atoms with Gasteiger partial charge in [-0.25, -0.2) is 9.18 Å². The van der Waals surface area contributed by atoms with Crippen molar-refractivity contribution >= 4 is 17.1 Å². The molecule has 0 saturated heterocycles. The number of hydrogen-bond donors (Lipinski definition) is 1. The Morgan fingerprint density at radius 1 is 1.29 bits per heavy atom. The monoisotopic (exact) mass is 384 g/mol. The lowest BCUT2D eigenvalue weighted by Crippen LogP contribution is -2.21. The number of fused-ring (bicyclic) bond motifs is 1. The molecule has 0 saturated carbocycles. The quantitative estimate of drug-likeness (QED) is 0.452. The van der Waals surface area contributed by atoms with Crippen molar-refractivity contribution in [2.75, 3.05) is 6.61 Å². The summed E-state index contributed by atoms with van der Waals surface area (Å²) in [6, 6.07) is 4.05. The van der Waals surface area contributed by atoms with Gasteiger partial charge in [0.2, 0.25) is 0 Å². The fourth-order valence-corrected chi connectivity index (χ4v) is 3.36. The maximum Gasteiger partial charge on any atom is 0.328 e. The molecule has 1 aliphatic carbocycles. The molecule has 0 amide bonds. The van der Waals surface area contributed by atoms with E-state index in [2.05, 4.69) is 26.8 Å². The third kappa shape index (κ3) is 4.80. The van der Waals surface area contributed by atoms with Crippen LogP contribution in [0.4, 0.5) is 4.39 Å². The number of benzene rings is 1. The summed E-state index contributed by atoms with van der Waals surface area (Å²) in [6.45, 7) is 12.2. The van der Waals surface area contributed by atoms with Crippen LogP contribution in [-0.2, 0) is 10.2 Å². The normalized spacial score (nSPS) is 17.1. The molecule has 0 heterocycles. The van der Waals surface area contributed by atoms with Crippen molar-refractivity contribution in [3.05, 3.63) is 64.5 Å². The summed E-state index contributed by atoms with van der Waals surface area (Å²) in [7, 11) is 0. The summed E-state index contributed by atoms with van der Waals surface area (Å²) in [5.74, 6) is -0.805. The molecule has 0 radical (unpaired) electrons. The Labute approximate surface area is 166 Å². The number of carboxylic acid groups (broad SMARTS) is 1. The van der Waals surface area contributed by atoms with E-state index in [1.54, 1.807) is 13.8 Å². The first-order valence-electron chi connectivity index (χ1n) is 9.51. The summed E-state index contributed by atoms with van der Waals surface area (Å²) < 4.78 is 20.7. The lowest BCUT2D eigenvalue weighted by Gasteiger charge is -2.32. The number of carbonyl (C=O) groups is 1. The Balaban J connectivity index is 2.58. The van der Waals surface area contributed by atoms with Crippen LogP contribution in [0.1, 0.15) is 64.7 Å². The van der Waals surface area contributed by atoms with Crippen molar-refractivity contribution in [1.82, 2.24) is 0 Å². The summed E-state index contributed by atoms with van der Waals surface area (Å²) in [4.78, 5) is 10.7. The fraction of sp³-hybridized carbons (Fsp3) is 0.375. The van der Waals surface area contributed by atoms with Gasteiger partial charge in [-0.1, -0.05) is 26.0 Å². The van der Waals surface area contributed by atoms with Gasteiger partial charge in [0.25, 0.3) is 0 Å². The SMILES string of the molecule is CCOc1cc2c(cc1C(C)=C(F)C=CC(C)=CC(=O)O)C(C)=CCC2(C)C. The lowest BCUT2D eigenvalue weighted by molar-refractivity contribution is -0.131. The highest BCUT2D eigenvalue weighted by molar-refractivity contribution is 5.81. The molecule has 150 valence electrons. The van der Waals surface area contributed by atoms with E-state index in [1.807, 2.05) is 19.1 Å². The molecule has 1 aromatic carbocycles. The molecule has 0 bridgehead atoms. The van der Waals surface area contributed by atoms with Crippen LogP contribution < -0.4 is 4.74 Å². The molecule has 28 heavy (non-hydrogen) atoms. The molecule has 1 aliphatic rings. The molecule has 1 N–H and O–H groups in total. The second-order valence-corrected chi connectivity index (χ2v) is 7.83. The fourth-order valence-electron chi connectivity index (χ4n) is 3.36. The van der Waals surface area contributed by atoms with Crippen LogP contribution in [-0.4, -0.2) is 17.7 Å². The zero-order valence-electron chi connectivity index (χ0n) is 17.5. The maximum atomic E-state index is 14.8. The van der Waals surface area contributed by atoms with E-state index in [4.69, 9.17) is 9.84 Å². The number of allylic oxidation sites excluding steroid dienone is 7. The molecular formula is C24H29FO3. The van der Waals surface area contributed by atoms with Crippen LogP contribution in [0.3, 0.4) is 0 Å². The highest BCUT2D eigenvalue weighted by Crippen LogP contribution is 2.43. The Kier molecular flexibility index (Phi) is 6.65. The summed E-state index contributed by atoms with van der Waals surface area (Å²) in [5.41, 5.74) is 5.15. The molecule has 3 nitrogen and oxygen atoms in total. The van der Waals surface area contributed by atoms with Crippen LogP contribution >= 0.6 is 0 Å². The standard InChI is InChI=1S/C24H29FO3/c1-7-28-22-14-20-18(16(3)10-11-24(20,5)6)13-19(22)17(4)21(25)9-8-15(2)12-23(26)27/h8-10,12-14H,7,11H2,1-6H3,(H,26,27). The highest BCUT2D eigenvalue weighted by Gasteiger charge is 2.29. The number of carboxylic acids is 1. The molecule has 0 fully saturated rings. The van der Waals surface area contributed by atoms with Crippen LogP contribution in [0.5, 0.6) is 5.75 Å². The van der Waals surface area contributed by atoms with E-state index in [0.29, 0.717) is 29.1 Å². The van der Waals surface area contributed by atoms with Crippen molar-refractivity contribution < 1.29 is 19.0 Å². The van der Waals surface area contributed by atoms with Gasteiger partial charge in [-0.2, -0.15) is 0 Å². The zero-order chi connectivity index (χ0) is 21.1. The molecule has 0 aromatic heterocycles. The van der Waals surface area contributed by atoms with E-state index < -0.39 is 11.8 Å². The molecular weight excluding hydrogens is 355 g/mol. The minimum absolute atomic E-state index is 0.00592. The van der Waals surface area contributed by atoms with Gasteiger partial charge in [-0.3, -0.25) is 0 Å². The van der Waals surface area contributed by atoms with Gasteiger partial charge in [0.15, 0.2) is 0 Å².